The molecule has 3 aliphatic rings. The Labute approximate surface area is 201 Å². The normalized spacial score (nSPS) is 21.7. The van der Waals surface area contributed by atoms with E-state index in [-0.39, 0.29) is 29.9 Å². The summed E-state index contributed by atoms with van der Waals surface area (Å²) in [6, 6.07) is 5.82. The molecule has 0 radical (unpaired) electrons. The molecule has 3 heterocycles. The Morgan fingerprint density at radius 2 is 1.91 bits per heavy atom. The van der Waals surface area contributed by atoms with Crippen LogP contribution >= 0.6 is 0 Å². The lowest BCUT2D eigenvalue weighted by Gasteiger charge is -2.50. The fourth-order valence-electron chi connectivity index (χ4n) is 6.27. The lowest BCUT2D eigenvalue weighted by atomic mass is 9.68. The maximum atomic E-state index is 13.5. The van der Waals surface area contributed by atoms with E-state index in [9.17, 15) is 14.7 Å². The number of aliphatic hydroxyl groups is 1. The monoisotopic (exact) mass is 467 g/mol. The van der Waals surface area contributed by atoms with Crippen molar-refractivity contribution in [3.05, 3.63) is 29.5 Å². The van der Waals surface area contributed by atoms with E-state index in [1.807, 2.05) is 35.9 Å². The number of aliphatic hydroxyl groups excluding tert-OH is 1. The molecule has 5 rings (SSSR count). The molecule has 1 spiro atoms. The molecule has 2 aliphatic heterocycles. The maximum Gasteiger partial charge on any atom is 0.223 e. The number of aromatic nitrogens is 1. The number of piperidine rings is 1. The average Bonchev–Trinajstić information content (AvgIpc) is 3.62. The molecule has 2 fully saturated rings. The predicted molar refractivity (Wildman–Crippen MR) is 131 cm³/mol. The maximum absolute atomic E-state index is 13.5. The van der Waals surface area contributed by atoms with Gasteiger partial charge in [-0.2, -0.15) is 0 Å². The van der Waals surface area contributed by atoms with Gasteiger partial charge in [0.25, 0.3) is 0 Å². The standard InChI is InChI=1S/C27H37N3O4/c1-4-5-23(32)29-12-10-27(11-13-29)17-30(24(33)14-18-6-7-18)22(16-31)26-25(27)20-9-8-19(34-3)15-21(20)28(26)2/h8-9,15,18,22,31H,4-7,10-14,16-17H2,1-3H3/t22-/m0/s1. The Hall–Kier alpha value is -2.54. The first-order valence-corrected chi connectivity index (χ1v) is 12.8. The Kier molecular flexibility index (Phi) is 6.09. The highest BCUT2D eigenvalue weighted by Crippen LogP contribution is 2.50. The van der Waals surface area contributed by atoms with Crippen LogP contribution in [0.1, 0.15) is 69.2 Å². The van der Waals surface area contributed by atoms with Gasteiger partial charge in [-0.1, -0.05) is 6.92 Å². The van der Waals surface area contributed by atoms with Gasteiger partial charge in [-0.3, -0.25) is 9.59 Å². The molecular weight excluding hydrogens is 430 g/mol. The van der Waals surface area contributed by atoms with Crippen LogP contribution in [0.4, 0.5) is 0 Å². The van der Waals surface area contributed by atoms with Gasteiger partial charge in [0.05, 0.1) is 25.3 Å². The van der Waals surface area contributed by atoms with Crippen LogP contribution in [-0.2, 0) is 22.1 Å². The fraction of sp³-hybridized carbons (Fsp3) is 0.630. The first kappa shape index (κ1) is 23.2. The second kappa shape index (κ2) is 8.91. The summed E-state index contributed by atoms with van der Waals surface area (Å²) in [6.07, 6.45) is 5.92. The van der Waals surface area contributed by atoms with E-state index in [0.717, 1.165) is 49.1 Å². The van der Waals surface area contributed by atoms with Crippen LogP contribution in [0.5, 0.6) is 5.75 Å². The molecule has 7 heteroatoms. The SMILES string of the molecule is CCCC(=O)N1CCC2(CC1)CN(C(=O)CC1CC1)[C@@H](CO)c1c2c2ccc(OC)cc2n1C. The molecule has 184 valence electrons. The summed E-state index contributed by atoms with van der Waals surface area (Å²) in [5.74, 6) is 1.67. The molecule has 1 aromatic heterocycles. The number of methoxy groups -OCH3 is 1. The summed E-state index contributed by atoms with van der Waals surface area (Å²) in [6.45, 7) is 3.97. The van der Waals surface area contributed by atoms with E-state index in [1.54, 1.807) is 7.11 Å². The lowest BCUT2D eigenvalue weighted by molar-refractivity contribution is -0.139. The van der Waals surface area contributed by atoms with Gasteiger partial charge >= 0.3 is 0 Å². The minimum Gasteiger partial charge on any atom is -0.497 e. The van der Waals surface area contributed by atoms with Gasteiger partial charge in [0.15, 0.2) is 0 Å². The number of rotatable bonds is 6. The first-order valence-electron chi connectivity index (χ1n) is 12.8. The van der Waals surface area contributed by atoms with E-state index in [1.165, 1.54) is 10.9 Å². The molecule has 1 saturated heterocycles. The minimum absolute atomic E-state index is 0.0953. The summed E-state index contributed by atoms with van der Waals surface area (Å²) in [5, 5.41) is 11.7. The molecular formula is C27H37N3O4. The van der Waals surface area contributed by atoms with E-state index in [0.29, 0.717) is 38.4 Å². The fourth-order valence-corrected chi connectivity index (χ4v) is 6.27. The van der Waals surface area contributed by atoms with E-state index in [2.05, 4.69) is 10.6 Å². The molecule has 1 saturated carbocycles. The molecule has 2 amide bonds. The number of ether oxygens (including phenoxy) is 1. The zero-order valence-electron chi connectivity index (χ0n) is 20.7. The number of hydrogen-bond donors (Lipinski definition) is 1. The van der Waals surface area contributed by atoms with Gasteiger partial charge in [0.1, 0.15) is 5.75 Å². The number of benzene rings is 1. The van der Waals surface area contributed by atoms with Crippen LogP contribution in [0.15, 0.2) is 18.2 Å². The molecule has 1 aliphatic carbocycles. The Balaban J connectivity index is 1.60. The van der Waals surface area contributed by atoms with Crippen molar-refractivity contribution >= 4 is 22.7 Å². The number of hydrogen-bond acceptors (Lipinski definition) is 4. The Bertz CT molecular complexity index is 1090. The summed E-state index contributed by atoms with van der Waals surface area (Å²) in [5.41, 5.74) is 3.12. The smallest absolute Gasteiger partial charge is 0.223 e. The topological polar surface area (TPSA) is 75.0 Å². The van der Waals surface area contributed by atoms with Gasteiger partial charge in [0, 0.05) is 62.1 Å². The number of carbonyl (C=O) groups excluding carboxylic acids is 2. The molecule has 7 nitrogen and oxygen atoms in total. The zero-order chi connectivity index (χ0) is 24.0. The molecule has 0 unspecified atom stereocenters. The molecule has 0 bridgehead atoms. The van der Waals surface area contributed by atoms with Crippen molar-refractivity contribution in [2.75, 3.05) is 33.4 Å². The average molecular weight is 468 g/mol. The Morgan fingerprint density at radius 1 is 1.18 bits per heavy atom. The van der Waals surface area contributed by atoms with E-state index >= 15 is 0 Å². The van der Waals surface area contributed by atoms with Crippen LogP contribution < -0.4 is 4.74 Å². The van der Waals surface area contributed by atoms with Crippen molar-refractivity contribution in [3.8, 4) is 5.75 Å². The second-order valence-electron chi connectivity index (χ2n) is 10.5. The van der Waals surface area contributed by atoms with Crippen LogP contribution in [0, 0.1) is 5.92 Å². The third kappa shape index (κ3) is 3.78. The van der Waals surface area contributed by atoms with Gasteiger partial charge < -0.3 is 24.2 Å². The summed E-state index contributed by atoms with van der Waals surface area (Å²) < 4.78 is 7.66. The van der Waals surface area contributed by atoms with Crippen molar-refractivity contribution in [1.29, 1.82) is 0 Å². The minimum atomic E-state index is -0.352. The van der Waals surface area contributed by atoms with Crippen LogP contribution in [-0.4, -0.2) is 64.6 Å². The van der Waals surface area contributed by atoms with Crippen LogP contribution in [0.25, 0.3) is 10.9 Å². The highest BCUT2D eigenvalue weighted by Gasteiger charge is 2.50. The van der Waals surface area contributed by atoms with Crippen LogP contribution in [0.2, 0.25) is 0 Å². The largest absolute Gasteiger partial charge is 0.497 e. The quantitative estimate of drug-likeness (QED) is 0.705. The highest BCUT2D eigenvalue weighted by atomic mass is 16.5. The van der Waals surface area contributed by atoms with Crippen LogP contribution in [0.3, 0.4) is 0 Å². The van der Waals surface area contributed by atoms with Gasteiger partial charge in [-0.25, -0.2) is 0 Å². The van der Waals surface area contributed by atoms with Gasteiger partial charge in [-0.05, 0) is 55.7 Å². The Morgan fingerprint density at radius 3 is 2.53 bits per heavy atom. The third-order valence-electron chi connectivity index (χ3n) is 8.34. The molecule has 2 aromatic rings. The molecule has 1 aromatic carbocycles. The van der Waals surface area contributed by atoms with Crippen molar-refractivity contribution in [1.82, 2.24) is 14.4 Å². The third-order valence-corrected chi connectivity index (χ3v) is 8.34. The number of nitrogens with zero attached hydrogens (tertiary/aromatic N) is 3. The van der Waals surface area contributed by atoms with Crippen molar-refractivity contribution in [3.63, 3.8) is 0 Å². The molecule has 1 atom stereocenters. The van der Waals surface area contributed by atoms with Gasteiger partial charge in [-0.15, -0.1) is 0 Å². The summed E-state index contributed by atoms with van der Waals surface area (Å²) in [7, 11) is 3.70. The number of likely N-dealkylation sites (tertiary alicyclic amines) is 1. The first-order chi connectivity index (χ1) is 16.4. The second-order valence-corrected chi connectivity index (χ2v) is 10.5. The lowest BCUT2D eigenvalue weighted by Crippen LogP contribution is -2.56. The number of aryl methyl sites for hydroxylation is 1. The number of fused-ring (bicyclic) bond motifs is 4. The van der Waals surface area contributed by atoms with Gasteiger partial charge in [0.2, 0.25) is 11.8 Å². The van der Waals surface area contributed by atoms with E-state index in [4.69, 9.17) is 4.74 Å². The van der Waals surface area contributed by atoms with Crippen molar-refractivity contribution in [2.45, 2.75) is 63.3 Å². The summed E-state index contributed by atoms with van der Waals surface area (Å²) >= 11 is 0. The highest BCUT2D eigenvalue weighted by molar-refractivity contribution is 5.90. The zero-order valence-corrected chi connectivity index (χ0v) is 20.7. The van der Waals surface area contributed by atoms with Crippen molar-refractivity contribution in [2.24, 2.45) is 13.0 Å². The number of amides is 2. The van der Waals surface area contributed by atoms with Crippen molar-refractivity contribution < 1.29 is 19.4 Å². The molecule has 34 heavy (non-hydrogen) atoms. The molecule has 1 N–H and O–H groups in total. The predicted octanol–water partition coefficient (Wildman–Crippen LogP) is 3.52. The number of carbonyl (C=O) groups is 2. The van der Waals surface area contributed by atoms with E-state index < -0.39 is 0 Å². The summed E-state index contributed by atoms with van der Waals surface area (Å²) in [4.78, 5) is 30.0.